The number of rotatable bonds is 8. The Morgan fingerprint density at radius 1 is 1.22 bits per heavy atom. The molecule has 0 bridgehead atoms. The van der Waals surface area contributed by atoms with Gasteiger partial charge in [-0.05, 0) is 36.7 Å². The number of carbonyl (C=O) groups is 2. The van der Waals surface area contributed by atoms with Crippen LogP contribution in [0.5, 0.6) is 0 Å². The lowest BCUT2D eigenvalue weighted by Gasteiger charge is -2.26. The molecule has 0 aliphatic heterocycles. The van der Waals surface area contributed by atoms with Crippen molar-refractivity contribution in [1.29, 1.82) is 0 Å². The van der Waals surface area contributed by atoms with Crippen molar-refractivity contribution >= 4 is 11.6 Å². The Labute approximate surface area is 112 Å². The number of ketones is 2. The molecule has 18 heavy (non-hydrogen) atoms. The molecule has 0 fully saturated rings. The van der Waals surface area contributed by atoms with E-state index >= 15 is 0 Å². The SMILES string of the molecule is CCC(=O)/C(=C/CCC(C)C)C(C)(C)CC(C)=O. The predicted molar refractivity (Wildman–Crippen MR) is 76.5 cm³/mol. The molecule has 0 aromatic carbocycles. The molecule has 0 radical (unpaired) electrons. The van der Waals surface area contributed by atoms with Gasteiger partial charge < -0.3 is 0 Å². The highest BCUT2D eigenvalue weighted by Gasteiger charge is 2.28. The van der Waals surface area contributed by atoms with E-state index in [0.29, 0.717) is 18.8 Å². The van der Waals surface area contributed by atoms with Gasteiger partial charge in [0.1, 0.15) is 5.78 Å². The number of Topliss-reactive ketones (excluding diaryl/α,β-unsaturated/α-hetero) is 2. The van der Waals surface area contributed by atoms with Gasteiger partial charge in [-0.2, -0.15) is 0 Å². The quantitative estimate of drug-likeness (QED) is 0.602. The van der Waals surface area contributed by atoms with Gasteiger partial charge in [0, 0.05) is 12.8 Å². The highest BCUT2D eigenvalue weighted by Crippen LogP contribution is 2.32. The third-order valence-corrected chi connectivity index (χ3v) is 3.13. The minimum absolute atomic E-state index is 0.138. The largest absolute Gasteiger partial charge is 0.300 e. The van der Waals surface area contributed by atoms with E-state index in [9.17, 15) is 9.59 Å². The second-order valence-corrected chi connectivity index (χ2v) is 6.13. The van der Waals surface area contributed by atoms with E-state index in [-0.39, 0.29) is 17.0 Å². The van der Waals surface area contributed by atoms with Crippen molar-refractivity contribution < 1.29 is 9.59 Å². The zero-order valence-electron chi connectivity index (χ0n) is 12.8. The number of hydrogen-bond acceptors (Lipinski definition) is 2. The van der Waals surface area contributed by atoms with Gasteiger partial charge in [0.25, 0.3) is 0 Å². The summed E-state index contributed by atoms with van der Waals surface area (Å²) >= 11 is 0. The summed E-state index contributed by atoms with van der Waals surface area (Å²) in [5.74, 6) is 0.943. The van der Waals surface area contributed by atoms with Gasteiger partial charge in [0.15, 0.2) is 5.78 Å². The van der Waals surface area contributed by atoms with E-state index in [0.717, 1.165) is 18.4 Å². The van der Waals surface area contributed by atoms with Crippen molar-refractivity contribution in [3.8, 4) is 0 Å². The summed E-state index contributed by atoms with van der Waals surface area (Å²) in [6, 6.07) is 0. The summed E-state index contributed by atoms with van der Waals surface area (Å²) in [5.41, 5.74) is 0.497. The van der Waals surface area contributed by atoms with Crippen LogP contribution in [0.2, 0.25) is 0 Å². The monoisotopic (exact) mass is 252 g/mol. The van der Waals surface area contributed by atoms with E-state index in [2.05, 4.69) is 19.9 Å². The Morgan fingerprint density at radius 2 is 1.78 bits per heavy atom. The van der Waals surface area contributed by atoms with E-state index in [1.165, 1.54) is 0 Å². The van der Waals surface area contributed by atoms with Crippen molar-refractivity contribution in [2.75, 3.05) is 0 Å². The smallest absolute Gasteiger partial charge is 0.158 e. The summed E-state index contributed by atoms with van der Waals surface area (Å²) < 4.78 is 0. The molecular formula is C16H28O2. The average molecular weight is 252 g/mol. The van der Waals surface area contributed by atoms with Crippen LogP contribution in [0.25, 0.3) is 0 Å². The summed E-state index contributed by atoms with van der Waals surface area (Å²) in [6.45, 7) is 11.8. The second kappa shape index (κ2) is 7.50. The van der Waals surface area contributed by atoms with Crippen LogP contribution in [0.3, 0.4) is 0 Å². The first-order valence-corrected chi connectivity index (χ1v) is 6.94. The summed E-state index contributed by atoms with van der Waals surface area (Å²) in [4.78, 5) is 23.4. The molecule has 0 spiro atoms. The number of hydrogen-bond donors (Lipinski definition) is 0. The Hall–Kier alpha value is -0.920. The fourth-order valence-corrected chi connectivity index (χ4v) is 2.24. The maximum absolute atomic E-state index is 12.0. The molecule has 0 saturated heterocycles. The van der Waals surface area contributed by atoms with Crippen molar-refractivity contribution in [2.24, 2.45) is 11.3 Å². The summed E-state index contributed by atoms with van der Waals surface area (Å²) in [5, 5.41) is 0. The lowest BCUT2D eigenvalue weighted by molar-refractivity contribution is -0.119. The van der Waals surface area contributed by atoms with Gasteiger partial charge in [-0.3, -0.25) is 9.59 Å². The van der Waals surface area contributed by atoms with E-state index in [1.807, 2.05) is 20.8 Å². The molecule has 0 N–H and O–H groups in total. The van der Waals surface area contributed by atoms with Gasteiger partial charge >= 0.3 is 0 Å². The molecule has 0 saturated carbocycles. The van der Waals surface area contributed by atoms with E-state index in [1.54, 1.807) is 6.92 Å². The average Bonchev–Trinajstić information content (AvgIpc) is 2.20. The fourth-order valence-electron chi connectivity index (χ4n) is 2.24. The molecular weight excluding hydrogens is 224 g/mol. The molecule has 0 heterocycles. The van der Waals surface area contributed by atoms with Crippen LogP contribution < -0.4 is 0 Å². The molecule has 0 rings (SSSR count). The van der Waals surface area contributed by atoms with Crippen LogP contribution in [-0.4, -0.2) is 11.6 Å². The third kappa shape index (κ3) is 6.13. The lowest BCUT2D eigenvalue weighted by Crippen LogP contribution is -2.23. The van der Waals surface area contributed by atoms with Crippen LogP contribution >= 0.6 is 0 Å². The minimum Gasteiger partial charge on any atom is -0.300 e. The molecule has 0 atom stereocenters. The third-order valence-electron chi connectivity index (χ3n) is 3.13. The molecule has 0 aliphatic carbocycles. The Balaban J connectivity index is 4.98. The Bertz CT molecular complexity index is 322. The van der Waals surface area contributed by atoms with Crippen molar-refractivity contribution in [1.82, 2.24) is 0 Å². The maximum Gasteiger partial charge on any atom is 0.158 e. The van der Waals surface area contributed by atoms with Gasteiger partial charge in [-0.25, -0.2) is 0 Å². The lowest BCUT2D eigenvalue weighted by atomic mass is 9.76. The first kappa shape index (κ1) is 17.1. The predicted octanol–water partition coefficient (Wildman–Crippen LogP) is 4.33. The van der Waals surface area contributed by atoms with Crippen LogP contribution in [0.4, 0.5) is 0 Å². The van der Waals surface area contributed by atoms with Gasteiger partial charge in [0.2, 0.25) is 0 Å². The molecule has 0 aliphatic rings. The molecule has 2 heteroatoms. The van der Waals surface area contributed by atoms with Crippen molar-refractivity contribution in [2.45, 2.75) is 67.2 Å². The van der Waals surface area contributed by atoms with Gasteiger partial charge in [-0.15, -0.1) is 0 Å². The highest BCUT2D eigenvalue weighted by molar-refractivity contribution is 5.97. The summed E-state index contributed by atoms with van der Waals surface area (Å²) in [6.07, 6.45) is 4.99. The van der Waals surface area contributed by atoms with Crippen LogP contribution in [0.1, 0.15) is 67.2 Å². The minimum atomic E-state index is -0.337. The molecule has 0 unspecified atom stereocenters. The Kier molecular flexibility index (Phi) is 7.12. The van der Waals surface area contributed by atoms with Crippen LogP contribution in [0.15, 0.2) is 11.6 Å². The van der Waals surface area contributed by atoms with Gasteiger partial charge in [0.05, 0.1) is 0 Å². The zero-order chi connectivity index (χ0) is 14.3. The highest BCUT2D eigenvalue weighted by atomic mass is 16.1. The summed E-state index contributed by atoms with van der Waals surface area (Å²) in [7, 11) is 0. The Morgan fingerprint density at radius 3 is 2.17 bits per heavy atom. The first-order valence-electron chi connectivity index (χ1n) is 6.94. The molecule has 0 amide bonds. The number of carbonyl (C=O) groups excluding carboxylic acids is 2. The topological polar surface area (TPSA) is 34.1 Å². The number of allylic oxidation sites excluding steroid dienone is 2. The molecule has 0 aromatic heterocycles. The fraction of sp³-hybridized carbons (Fsp3) is 0.750. The van der Waals surface area contributed by atoms with Gasteiger partial charge in [-0.1, -0.05) is 40.7 Å². The van der Waals surface area contributed by atoms with E-state index in [4.69, 9.17) is 0 Å². The normalized spacial score (nSPS) is 12.9. The van der Waals surface area contributed by atoms with Crippen molar-refractivity contribution in [3.63, 3.8) is 0 Å². The first-order chi connectivity index (χ1) is 8.20. The standard InChI is InChI=1S/C16H28O2/c1-7-15(18)14(10-8-9-12(2)3)16(5,6)11-13(4)17/h10,12H,7-9,11H2,1-6H3/b14-10-. The zero-order valence-corrected chi connectivity index (χ0v) is 12.8. The molecule has 0 aromatic rings. The van der Waals surface area contributed by atoms with E-state index < -0.39 is 0 Å². The maximum atomic E-state index is 12.0. The second-order valence-electron chi connectivity index (χ2n) is 6.13. The van der Waals surface area contributed by atoms with Crippen LogP contribution in [0, 0.1) is 11.3 Å². The molecule has 2 nitrogen and oxygen atoms in total. The molecule has 104 valence electrons. The van der Waals surface area contributed by atoms with Crippen LogP contribution in [-0.2, 0) is 9.59 Å². The van der Waals surface area contributed by atoms with Crippen molar-refractivity contribution in [3.05, 3.63) is 11.6 Å².